The Hall–Kier alpha value is -1.97. The van der Waals surface area contributed by atoms with E-state index < -0.39 is 28.1 Å². The molecule has 1 aliphatic heterocycles. The second kappa shape index (κ2) is 8.18. The van der Waals surface area contributed by atoms with Crippen molar-refractivity contribution in [1.29, 1.82) is 0 Å². The zero-order valence-electron chi connectivity index (χ0n) is 15.3. The predicted octanol–water partition coefficient (Wildman–Crippen LogP) is 3.53. The molecule has 1 aliphatic rings. The highest BCUT2D eigenvalue weighted by molar-refractivity contribution is 9.10. The summed E-state index contributed by atoms with van der Waals surface area (Å²) in [5.74, 6) is -0.339. The molecule has 150 valence electrons. The van der Waals surface area contributed by atoms with Crippen LogP contribution in [0, 0.1) is 5.82 Å². The number of amides is 1. The van der Waals surface area contributed by atoms with Crippen LogP contribution in [0.15, 0.2) is 46.9 Å². The summed E-state index contributed by atoms with van der Waals surface area (Å²) >= 11 is 3.34. The van der Waals surface area contributed by atoms with Gasteiger partial charge in [0.1, 0.15) is 11.6 Å². The van der Waals surface area contributed by atoms with Crippen LogP contribution in [0.2, 0.25) is 0 Å². The number of hydrogen-bond acceptors (Lipinski definition) is 5. The number of nitrogens with zero attached hydrogens (tertiary/aromatic N) is 1. The van der Waals surface area contributed by atoms with Crippen molar-refractivity contribution >= 4 is 32.0 Å². The van der Waals surface area contributed by atoms with E-state index in [9.17, 15) is 17.6 Å². The summed E-state index contributed by atoms with van der Waals surface area (Å²) in [6.45, 7) is 0.0310. The normalized spacial score (nSPS) is 19.6. The van der Waals surface area contributed by atoms with Gasteiger partial charge in [0.05, 0.1) is 30.0 Å². The van der Waals surface area contributed by atoms with Gasteiger partial charge in [0.25, 0.3) is 16.0 Å². The van der Waals surface area contributed by atoms with Crippen molar-refractivity contribution in [1.82, 2.24) is 4.90 Å². The Bertz CT molecular complexity index is 998. The Morgan fingerprint density at radius 1 is 1.25 bits per heavy atom. The van der Waals surface area contributed by atoms with Crippen molar-refractivity contribution in [3.05, 3.63) is 63.9 Å². The number of halogens is 2. The Morgan fingerprint density at radius 3 is 2.61 bits per heavy atom. The monoisotopic (exact) mass is 471 g/mol. The fraction of sp³-hybridized carbons (Fsp3) is 0.316. The third-order valence-electron chi connectivity index (χ3n) is 4.50. The Kier molecular flexibility index (Phi) is 6.07. The maximum absolute atomic E-state index is 14.4. The molecule has 0 aromatic heterocycles. The van der Waals surface area contributed by atoms with E-state index in [0.29, 0.717) is 21.3 Å². The van der Waals surface area contributed by atoms with Gasteiger partial charge in [-0.15, -0.1) is 0 Å². The Balaban J connectivity index is 1.97. The summed E-state index contributed by atoms with van der Waals surface area (Å²) in [5.41, 5.74) is 0.668. The first-order chi connectivity index (χ1) is 13.2. The average Bonchev–Trinajstić information content (AvgIpc) is 3.03. The van der Waals surface area contributed by atoms with Crippen LogP contribution in [0.4, 0.5) is 4.39 Å². The molecule has 28 heavy (non-hydrogen) atoms. The molecule has 1 amide bonds. The minimum Gasteiger partial charge on any atom is -0.496 e. The highest BCUT2D eigenvalue weighted by Crippen LogP contribution is 2.37. The summed E-state index contributed by atoms with van der Waals surface area (Å²) in [6.07, 6.45) is 0.378. The van der Waals surface area contributed by atoms with Crippen LogP contribution in [0.1, 0.15) is 28.4 Å². The molecule has 0 N–H and O–H groups in total. The van der Waals surface area contributed by atoms with E-state index in [1.54, 1.807) is 36.4 Å². The Labute approximate surface area is 171 Å². The molecule has 9 heteroatoms. The van der Waals surface area contributed by atoms with E-state index >= 15 is 0 Å². The number of carbonyl (C=O) groups excluding carboxylic acids is 1. The zero-order valence-corrected chi connectivity index (χ0v) is 17.7. The third-order valence-corrected chi connectivity index (χ3v) is 5.77. The van der Waals surface area contributed by atoms with Gasteiger partial charge in [0.15, 0.2) is 0 Å². The van der Waals surface area contributed by atoms with Crippen molar-refractivity contribution in [2.24, 2.45) is 0 Å². The maximum atomic E-state index is 14.4. The molecular formula is C19H19BrFNO5S. The molecule has 1 unspecified atom stereocenters. The van der Waals surface area contributed by atoms with Crippen LogP contribution in [-0.2, 0) is 14.3 Å². The Morgan fingerprint density at radius 2 is 1.96 bits per heavy atom. The van der Waals surface area contributed by atoms with Gasteiger partial charge in [-0.3, -0.25) is 8.98 Å². The van der Waals surface area contributed by atoms with E-state index in [2.05, 4.69) is 15.9 Å². The number of rotatable bonds is 5. The van der Waals surface area contributed by atoms with Crippen LogP contribution >= 0.6 is 15.9 Å². The minimum atomic E-state index is -3.71. The van der Waals surface area contributed by atoms with Gasteiger partial charge in [0, 0.05) is 24.1 Å². The lowest BCUT2D eigenvalue weighted by Crippen LogP contribution is -2.32. The van der Waals surface area contributed by atoms with Crippen LogP contribution in [-0.4, -0.2) is 45.2 Å². The molecule has 0 aliphatic carbocycles. The molecule has 2 atom stereocenters. The summed E-state index contributed by atoms with van der Waals surface area (Å²) < 4.78 is 48.5. The van der Waals surface area contributed by atoms with Crippen molar-refractivity contribution in [3.63, 3.8) is 0 Å². The highest BCUT2D eigenvalue weighted by atomic mass is 79.9. The van der Waals surface area contributed by atoms with Gasteiger partial charge in [-0.1, -0.05) is 18.2 Å². The predicted molar refractivity (Wildman–Crippen MR) is 105 cm³/mol. The molecule has 1 heterocycles. The van der Waals surface area contributed by atoms with Crippen LogP contribution in [0.5, 0.6) is 5.75 Å². The smallest absolute Gasteiger partial charge is 0.264 e. The third kappa shape index (κ3) is 4.53. The molecule has 1 fully saturated rings. The van der Waals surface area contributed by atoms with Crippen molar-refractivity contribution in [2.45, 2.75) is 18.6 Å². The maximum Gasteiger partial charge on any atom is 0.264 e. The number of hydrogen-bond donors (Lipinski definition) is 0. The van der Waals surface area contributed by atoms with Gasteiger partial charge >= 0.3 is 0 Å². The van der Waals surface area contributed by atoms with Gasteiger partial charge in [-0.05, 0) is 40.2 Å². The number of likely N-dealkylation sites (tertiary alicyclic amines) is 1. The molecule has 3 rings (SSSR count). The lowest BCUT2D eigenvalue weighted by atomic mass is 10.0. The average molecular weight is 472 g/mol. The molecule has 1 saturated heterocycles. The van der Waals surface area contributed by atoms with Gasteiger partial charge < -0.3 is 9.64 Å². The first-order valence-electron chi connectivity index (χ1n) is 8.47. The van der Waals surface area contributed by atoms with Crippen LogP contribution < -0.4 is 4.74 Å². The summed E-state index contributed by atoms with van der Waals surface area (Å²) in [5, 5.41) is 0. The number of carbonyl (C=O) groups is 1. The van der Waals surface area contributed by atoms with Crippen molar-refractivity contribution in [3.8, 4) is 5.75 Å². The van der Waals surface area contributed by atoms with E-state index in [1.165, 1.54) is 18.1 Å². The van der Waals surface area contributed by atoms with E-state index in [1.807, 2.05) is 0 Å². The number of methoxy groups -OCH3 is 1. The quantitative estimate of drug-likeness (QED) is 0.623. The molecule has 2 aromatic rings. The van der Waals surface area contributed by atoms with E-state index in [4.69, 9.17) is 8.92 Å². The molecular weight excluding hydrogens is 453 g/mol. The first-order valence-corrected chi connectivity index (χ1v) is 11.1. The fourth-order valence-corrected chi connectivity index (χ4v) is 4.38. The van der Waals surface area contributed by atoms with Crippen LogP contribution in [0.25, 0.3) is 0 Å². The van der Waals surface area contributed by atoms with Crippen molar-refractivity contribution in [2.75, 3.05) is 19.9 Å². The van der Waals surface area contributed by atoms with Gasteiger partial charge in [-0.2, -0.15) is 8.42 Å². The SMILES string of the molecule is COc1cc(C(=O)N2CC(OS(C)(=O)=O)C[C@@H]2c2ccccc2F)ccc1Br. The van der Waals surface area contributed by atoms with Gasteiger partial charge in [-0.25, -0.2) is 4.39 Å². The minimum absolute atomic E-state index is 0.0310. The van der Waals surface area contributed by atoms with E-state index in [0.717, 1.165) is 6.26 Å². The number of benzene rings is 2. The molecule has 0 radical (unpaired) electrons. The standard InChI is InChI=1S/C19H19BrFNO5S/c1-26-18-9-12(7-8-15(18)20)19(23)22-11-13(27-28(2,24)25)10-17(22)14-5-3-4-6-16(14)21/h3-9,13,17H,10-11H2,1-2H3/t13?,17-/m1/s1. The van der Waals surface area contributed by atoms with Gasteiger partial charge in [0.2, 0.25) is 0 Å². The van der Waals surface area contributed by atoms with E-state index in [-0.39, 0.29) is 18.9 Å². The molecule has 6 nitrogen and oxygen atoms in total. The summed E-state index contributed by atoms with van der Waals surface area (Å²) in [4.78, 5) is 14.6. The molecule has 2 aromatic carbocycles. The zero-order chi connectivity index (χ0) is 20.5. The number of ether oxygens (including phenoxy) is 1. The second-order valence-electron chi connectivity index (χ2n) is 6.50. The lowest BCUT2D eigenvalue weighted by molar-refractivity contribution is 0.0719. The highest BCUT2D eigenvalue weighted by Gasteiger charge is 2.39. The molecule has 0 bridgehead atoms. The topological polar surface area (TPSA) is 72.9 Å². The summed E-state index contributed by atoms with van der Waals surface area (Å²) in [6, 6.07) is 10.4. The molecule has 0 spiro atoms. The largest absolute Gasteiger partial charge is 0.496 e. The lowest BCUT2D eigenvalue weighted by Gasteiger charge is -2.25. The molecule has 0 saturated carbocycles. The first kappa shape index (κ1) is 20.8. The fourth-order valence-electron chi connectivity index (χ4n) is 3.34. The van der Waals surface area contributed by atoms with Crippen LogP contribution in [0.3, 0.4) is 0 Å². The second-order valence-corrected chi connectivity index (χ2v) is 8.96. The summed E-state index contributed by atoms with van der Waals surface area (Å²) in [7, 11) is -2.22. The van der Waals surface area contributed by atoms with Crippen molar-refractivity contribution < 1.29 is 26.5 Å².